The molecule has 0 saturated carbocycles. The van der Waals surface area contributed by atoms with Crippen LogP contribution < -0.4 is 0 Å². The van der Waals surface area contributed by atoms with Gasteiger partial charge in [0.25, 0.3) is 5.79 Å². The molecule has 2 fully saturated rings. The van der Waals surface area contributed by atoms with Crippen molar-refractivity contribution in [3.05, 3.63) is 59.2 Å². The molecular formula is C30H38O14. The Kier molecular flexibility index (Phi) is 10.8. The van der Waals surface area contributed by atoms with Crippen molar-refractivity contribution < 1.29 is 69.3 Å². The number of carbonyl (C=O) groups is 1. The molecule has 2 aromatic rings. The lowest BCUT2D eigenvalue weighted by atomic mass is 9.99. The van der Waals surface area contributed by atoms with Crippen LogP contribution in [-0.2, 0) is 41.3 Å². The minimum Gasteiger partial charge on any atom is -0.508 e. The van der Waals surface area contributed by atoms with Crippen molar-refractivity contribution >= 4 is 12.0 Å². The van der Waals surface area contributed by atoms with Crippen molar-refractivity contribution in [1.29, 1.82) is 0 Å². The van der Waals surface area contributed by atoms with E-state index in [9.17, 15) is 45.6 Å². The SMILES string of the molecule is CCc1ccc(/C=C/C(=O)O[C@]2(O[C@@H]3OC(C)[C@H](O)C(O)[C@@H]3O)C(CO)O[C@@H](OCCc3ccc(O)c(O)c3)C2O)cc1O. The third kappa shape index (κ3) is 7.15. The zero-order valence-corrected chi connectivity index (χ0v) is 24.1. The zero-order chi connectivity index (χ0) is 32.2. The fourth-order valence-electron chi connectivity index (χ4n) is 4.96. The number of esters is 1. The predicted octanol–water partition coefficient (Wildman–Crippen LogP) is -0.200. The van der Waals surface area contributed by atoms with Crippen molar-refractivity contribution in [1.82, 2.24) is 0 Å². The van der Waals surface area contributed by atoms with E-state index in [4.69, 9.17) is 23.7 Å². The van der Waals surface area contributed by atoms with E-state index in [1.165, 1.54) is 31.2 Å². The minimum atomic E-state index is -2.54. The molecule has 2 heterocycles. The number of phenols is 3. The zero-order valence-electron chi connectivity index (χ0n) is 24.1. The Hall–Kier alpha value is -3.31. The number of aryl methyl sites for hydroxylation is 1. The lowest BCUT2D eigenvalue weighted by molar-refractivity contribution is -0.378. The number of carbonyl (C=O) groups excluding carboxylic acids is 1. The van der Waals surface area contributed by atoms with Crippen LogP contribution in [0.15, 0.2) is 42.5 Å². The summed E-state index contributed by atoms with van der Waals surface area (Å²) >= 11 is 0. The van der Waals surface area contributed by atoms with E-state index in [1.54, 1.807) is 18.2 Å². The number of phenolic OH excluding ortho intramolecular Hbond substituents is 3. The van der Waals surface area contributed by atoms with Gasteiger partial charge >= 0.3 is 5.97 Å². The number of rotatable bonds is 11. The summed E-state index contributed by atoms with van der Waals surface area (Å²) in [4.78, 5) is 13.1. The van der Waals surface area contributed by atoms with Crippen LogP contribution in [0.5, 0.6) is 17.2 Å². The van der Waals surface area contributed by atoms with Gasteiger partial charge < -0.3 is 64.5 Å². The molecule has 242 valence electrons. The average Bonchev–Trinajstić information content (AvgIpc) is 3.25. The van der Waals surface area contributed by atoms with Gasteiger partial charge in [-0.05, 0) is 60.7 Å². The lowest BCUT2D eigenvalue weighted by Gasteiger charge is -2.43. The van der Waals surface area contributed by atoms with Crippen LogP contribution in [0.3, 0.4) is 0 Å². The number of benzene rings is 2. The normalized spacial score (nSPS) is 32.2. The van der Waals surface area contributed by atoms with Crippen LogP contribution in [0.1, 0.15) is 30.5 Å². The van der Waals surface area contributed by atoms with Crippen LogP contribution in [-0.4, -0.2) is 115 Å². The third-order valence-electron chi connectivity index (χ3n) is 7.57. The molecule has 9 atom stereocenters. The molecule has 0 bridgehead atoms. The molecule has 2 aliphatic rings. The summed E-state index contributed by atoms with van der Waals surface area (Å²) in [6.45, 7) is 2.30. The Morgan fingerprint density at radius 1 is 0.932 bits per heavy atom. The molecule has 4 rings (SSSR count). The Bertz CT molecular complexity index is 1320. The van der Waals surface area contributed by atoms with Gasteiger partial charge in [0.15, 0.2) is 36.3 Å². The molecule has 0 radical (unpaired) electrons. The standard InChI is InChI=1S/C30H38O14/c1-3-18-7-4-16(12-20(18)33)6-9-23(35)43-30(44-28-26(38)25(37)24(36)15(2)41-28)22(14-31)42-29(27(30)39)40-11-10-17-5-8-19(32)21(34)13-17/h4-9,12-13,15,22,24-29,31-34,36-39H,3,10-11,14H2,1-2H3/b9-6+/t15?,22?,24-,25?,26-,27?,28-,29+,30-/m0/s1. The first-order valence-electron chi connectivity index (χ1n) is 14.1. The Morgan fingerprint density at radius 3 is 2.34 bits per heavy atom. The van der Waals surface area contributed by atoms with Gasteiger partial charge in [-0.1, -0.05) is 25.1 Å². The van der Waals surface area contributed by atoms with Gasteiger partial charge in [-0.3, -0.25) is 0 Å². The molecule has 14 heteroatoms. The predicted molar refractivity (Wildman–Crippen MR) is 150 cm³/mol. The van der Waals surface area contributed by atoms with Gasteiger partial charge in [-0.15, -0.1) is 0 Å². The van der Waals surface area contributed by atoms with E-state index in [2.05, 4.69) is 0 Å². The van der Waals surface area contributed by atoms with Gasteiger partial charge in [0.2, 0.25) is 0 Å². The average molecular weight is 623 g/mol. The van der Waals surface area contributed by atoms with Crippen molar-refractivity contribution in [3.63, 3.8) is 0 Å². The highest BCUT2D eigenvalue weighted by molar-refractivity contribution is 5.87. The minimum absolute atomic E-state index is 0.0311. The van der Waals surface area contributed by atoms with Crippen LogP contribution in [0.25, 0.3) is 6.08 Å². The highest BCUT2D eigenvalue weighted by Gasteiger charge is 2.63. The molecule has 2 aromatic carbocycles. The number of ether oxygens (including phenoxy) is 5. The van der Waals surface area contributed by atoms with E-state index in [0.717, 1.165) is 6.08 Å². The second-order valence-corrected chi connectivity index (χ2v) is 10.6. The first-order valence-corrected chi connectivity index (χ1v) is 14.1. The number of hydrogen-bond acceptors (Lipinski definition) is 14. The molecule has 44 heavy (non-hydrogen) atoms. The topological polar surface area (TPSA) is 225 Å². The highest BCUT2D eigenvalue weighted by atomic mass is 16.8. The van der Waals surface area contributed by atoms with Gasteiger partial charge in [-0.25, -0.2) is 4.79 Å². The second-order valence-electron chi connectivity index (χ2n) is 10.6. The van der Waals surface area contributed by atoms with E-state index < -0.39 is 67.6 Å². The summed E-state index contributed by atoms with van der Waals surface area (Å²) in [6.07, 6.45) is -9.83. The number of aromatic hydroxyl groups is 3. The quantitative estimate of drug-likeness (QED) is 0.0703. The largest absolute Gasteiger partial charge is 0.508 e. The number of aliphatic hydroxyl groups excluding tert-OH is 5. The molecule has 0 amide bonds. The van der Waals surface area contributed by atoms with Crippen molar-refractivity contribution in [2.24, 2.45) is 0 Å². The molecule has 8 N–H and O–H groups in total. The second kappa shape index (κ2) is 14.2. The molecule has 0 aliphatic carbocycles. The first-order chi connectivity index (χ1) is 20.9. The van der Waals surface area contributed by atoms with Crippen molar-refractivity contribution in [2.75, 3.05) is 13.2 Å². The Morgan fingerprint density at radius 2 is 1.68 bits per heavy atom. The molecular weight excluding hydrogens is 584 g/mol. The third-order valence-corrected chi connectivity index (χ3v) is 7.57. The van der Waals surface area contributed by atoms with Crippen LogP contribution in [0, 0.1) is 0 Å². The molecule has 2 aliphatic heterocycles. The maximum atomic E-state index is 13.1. The highest BCUT2D eigenvalue weighted by Crippen LogP contribution is 2.40. The maximum absolute atomic E-state index is 13.1. The summed E-state index contributed by atoms with van der Waals surface area (Å²) in [5.41, 5.74) is 1.73. The van der Waals surface area contributed by atoms with E-state index in [-0.39, 0.29) is 30.3 Å². The molecule has 0 aromatic heterocycles. The maximum Gasteiger partial charge on any atom is 0.333 e. The Labute approximate surface area is 252 Å². The summed E-state index contributed by atoms with van der Waals surface area (Å²) in [7, 11) is 0. The molecule has 2 saturated heterocycles. The van der Waals surface area contributed by atoms with Crippen LogP contribution >= 0.6 is 0 Å². The van der Waals surface area contributed by atoms with Gasteiger partial charge in [-0.2, -0.15) is 0 Å². The summed E-state index contributed by atoms with van der Waals surface area (Å²) in [5, 5.41) is 81.9. The monoisotopic (exact) mass is 622 g/mol. The molecule has 14 nitrogen and oxygen atoms in total. The summed E-state index contributed by atoms with van der Waals surface area (Å²) in [5.74, 6) is -4.23. The fourth-order valence-corrected chi connectivity index (χ4v) is 4.96. The van der Waals surface area contributed by atoms with E-state index in [0.29, 0.717) is 23.1 Å². The first kappa shape index (κ1) is 33.6. The van der Waals surface area contributed by atoms with Crippen LogP contribution in [0.2, 0.25) is 0 Å². The smallest absolute Gasteiger partial charge is 0.333 e. The molecule has 4 unspecified atom stereocenters. The fraction of sp³-hybridized carbons (Fsp3) is 0.500. The van der Waals surface area contributed by atoms with Gasteiger partial charge in [0.05, 0.1) is 19.3 Å². The molecule has 0 spiro atoms. The lowest BCUT2D eigenvalue weighted by Crippen LogP contribution is -2.63. The number of hydrogen-bond donors (Lipinski definition) is 8. The van der Waals surface area contributed by atoms with E-state index in [1.807, 2.05) is 6.92 Å². The Balaban J connectivity index is 1.57. The van der Waals surface area contributed by atoms with Crippen molar-refractivity contribution in [2.45, 2.75) is 81.7 Å². The summed E-state index contributed by atoms with van der Waals surface area (Å²) in [6, 6.07) is 8.95. The van der Waals surface area contributed by atoms with Gasteiger partial charge in [0, 0.05) is 6.08 Å². The summed E-state index contributed by atoms with van der Waals surface area (Å²) < 4.78 is 28.2. The number of aliphatic hydroxyl groups is 5. The van der Waals surface area contributed by atoms with E-state index >= 15 is 0 Å². The van der Waals surface area contributed by atoms with Gasteiger partial charge in [0.1, 0.15) is 24.1 Å². The van der Waals surface area contributed by atoms with Crippen molar-refractivity contribution in [3.8, 4) is 17.2 Å². The van der Waals surface area contributed by atoms with Crippen LogP contribution in [0.4, 0.5) is 0 Å².